The molecule has 1 aromatic carbocycles. The van der Waals surface area contributed by atoms with Gasteiger partial charge in [-0.2, -0.15) is 0 Å². The van der Waals surface area contributed by atoms with Crippen molar-refractivity contribution in [2.45, 2.75) is 69.7 Å². The van der Waals surface area contributed by atoms with Crippen molar-refractivity contribution < 1.29 is 9.59 Å². The largest absolute Gasteiger partial charge is 0.356 e. The third kappa shape index (κ3) is 5.47. The Balaban J connectivity index is 1.52. The van der Waals surface area contributed by atoms with Gasteiger partial charge in [0.25, 0.3) is 0 Å². The molecule has 1 unspecified atom stereocenters. The smallest absolute Gasteiger partial charge is 0.220 e. The lowest BCUT2D eigenvalue weighted by Crippen LogP contribution is -2.44. The summed E-state index contributed by atoms with van der Waals surface area (Å²) in [6.45, 7) is 0.801. The average molecular weight is 377 g/mol. The molecule has 26 heavy (non-hydrogen) atoms. The lowest BCUT2D eigenvalue weighted by molar-refractivity contribution is -0.123. The molecule has 142 valence electrons. The van der Waals surface area contributed by atoms with E-state index in [9.17, 15) is 9.59 Å². The molecule has 1 saturated carbocycles. The Labute approximate surface area is 161 Å². The highest BCUT2D eigenvalue weighted by atomic mass is 35.5. The van der Waals surface area contributed by atoms with Gasteiger partial charge in [-0.3, -0.25) is 9.59 Å². The molecule has 1 saturated heterocycles. The Kier molecular flexibility index (Phi) is 6.58. The fourth-order valence-electron chi connectivity index (χ4n) is 4.27. The van der Waals surface area contributed by atoms with Crippen molar-refractivity contribution in [1.82, 2.24) is 10.6 Å². The molecule has 2 amide bonds. The molecule has 0 radical (unpaired) electrons. The zero-order valence-electron chi connectivity index (χ0n) is 15.4. The van der Waals surface area contributed by atoms with Crippen LogP contribution in [0.4, 0.5) is 0 Å². The Morgan fingerprint density at radius 1 is 1.19 bits per heavy atom. The molecule has 1 aliphatic carbocycles. The van der Waals surface area contributed by atoms with Crippen molar-refractivity contribution >= 4 is 23.4 Å². The second-order valence-electron chi connectivity index (χ2n) is 7.94. The summed E-state index contributed by atoms with van der Waals surface area (Å²) in [5.41, 5.74) is 0.826. The summed E-state index contributed by atoms with van der Waals surface area (Å²) in [4.78, 5) is 24.2. The van der Waals surface area contributed by atoms with Gasteiger partial charge >= 0.3 is 0 Å². The molecule has 0 spiro atoms. The second kappa shape index (κ2) is 8.90. The van der Waals surface area contributed by atoms with Crippen LogP contribution in [0.3, 0.4) is 0 Å². The summed E-state index contributed by atoms with van der Waals surface area (Å²) in [6.07, 6.45) is 9.57. The maximum absolute atomic E-state index is 12.3. The van der Waals surface area contributed by atoms with Crippen LogP contribution in [0.15, 0.2) is 24.3 Å². The maximum Gasteiger partial charge on any atom is 0.220 e. The number of rotatable bonds is 7. The summed E-state index contributed by atoms with van der Waals surface area (Å²) in [5.74, 6) is 0.829. The monoisotopic (exact) mass is 376 g/mol. The highest BCUT2D eigenvalue weighted by molar-refractivity contribution is 6.30. The third-order valence-electron chi connectivity index (χ3n) is 5.83. The van der Waals surface area contributed by atoms with Crippen LogP contribution >= 0.6 is 11.6 Å². The molecule has 5 heteroatoms. The first-order chi connectivity index (χ1) is 12.5. The van der Waals surface area contributed by atoms with Crippen LogP contribution in [0.1, 0.15) is 63.4 Å². The molecule has 0 aromatic heterocycles. The number of hydrogen-bond donors (Lipinski definition) is 2. The molecule has 1 aliphatic heterocycles. The zero-order valence-corrected chi connectivity index (χ0v) is 16.1. The molecular formula is C21H29ClN2O2. The van der Waals surface area contributed by atoms with E-state index in [-0.39, 0.29) is 17.4 Å². The minimum Gasteiger partial charge on any atom is -0.356 e. The van der Waals surface area contributed by atoms with Crippen molar-refractivity contribution in [2.75, 3.05) is 6.54 Å². The van der Waals surface area contributed by atoms with Gasteiger partial charge in [0, 0.05) is 29.9 Å². The number of nitrogens with one attached hydrogen (secondary N) is 2. The quantitative estimate of drug-likeness (QED) is 0.755. The van der Waals surface area contributed by atoms with Crippen molar-refractivity contribution in [3.8, 4) is 0 Å². The van der Waals surface area contributed by atoms with E-state index in [0.29, 0.717) is 30.2 Å². The Morgan fingerprint density at radius 2 is 1.92 bits per heavy atom. The van der Waals surface area contributed by atoms with Gasteiger partial charge in [0.2, 0.25) is 11.8 Å². The molecular weight excluding hydrogens is 348 g/mol. The van der Waals surface area contributed by atoms with Gasteiger partial charge in [-0.25, -0.2) is 0 Å². The van der Waals surface area contributed by atoms with Crippen molar-refractivity contribution in [3.63, 3.8) is 0 Å². The standard InChI is InChI=1S/C21H29ClN2O2/c22-18-8-6-16(7-9-18)14-21(13-11-20(26)24-21)12-10-19(25)23-15-17-4-2-1-3-5-17/h6-9,17H,1-5,10-15H2,(H,23,25)(H,24,26). The van der Waals surface area contributed by atoms with Crippen LogP contribution in [0.5, 0.6) is 0 Å². The summed E-state index contributed by atoms with van der Waals surface area (Å²) in [7, 11) is 0. The van der Waals surface area contributed by atoms with Gasteiger partial charge in [-0.15, -0.1) is 0 Å². The topological polar surface area (TPSA) is 58.2 Å². The predicted octanol–water partition coefficient (Wildman–Crippen LogP) is 4.01. The average Bonchev–Trinajstić information content (AvgIpc) is 3.02. The van der Waals surface area contributed by atoms with E-state index in [2.05, 4.69) is 10.6 Å². The van der Waals surface area contributed by atoms with E-state index in [1.165, 1.54) is 32.1 Å². The molecule has 1 heterocycles. The van der Waals surface area contributed by atoms with Gasteiger partial charge in [-0.05, 0) is 55.7 Å². The number of carbonyl (C=O) groups excluding carboxylic acids is 2. The van der Waals surface area contributed by atoms with E-state index in [1.807, 2.05) is 24.3 Å². The number of benzene rings is 1. The fourth-order valence-corrected chi connectivity index (χ4v) is 4.39. The van der Waals surface area contributed by atoms with Crippen molar-refractivity contribution in [2.24, 2.45) is 5.92 Å². The second-order valence-corrected chi connectivity index (χ2v) is 8.38. The number of carbonyl (C=O) groups is 2. The molecule has 1 atom stereocenters. The Morgan fingerprint density at radius 3 is 2.58 bits per heavy atom. The molecule has 2 fully saturated rings. The number of hydrogen-bond acceptors (Lipinski definition) is 2. The number of halogens is 1. The minimum absolute atomic E-state index is 0.0848. The van der Waals surface area contributed by atoms with Crippen molar-refractivity contribution in [3.05, 3.63) is 34.9 Å². The number of amides is 2. The molecule has 3 rings (SSSR count). The van der Waals surface area contributed by atoms with Gasteiger partial charge < -0.3 is 10.6 Å². The predicted molar refractivity (Wildman–Crippen MR) is 104 cm³/mol. The molecule has 1 aromatic rings. The van der Waals surface area contributed by atoms with Gasteiger partial charge in [0.05, 0.1) is 0 Å². The van der Waals surface area contributed by atoms with E-state index in [1.54, 1.807) is 0 Å². The van der Waals surface area contributed by atoms with Gasteiger partial charge in [0.1, 0.15) is 0 Å². The molecule has 4 nitrogen and oxygen atoms in total. The fraction of sp³-hybridized carbons (Fsp3) is 0.619. The summed E-state index contributed by atoms with van der Waals surface area (Å²) >= 11 is 5.96. The summed E-state index contributed by atoms with van der Waals surface area (Å²) in [5, 5.41) is 6.96. The first-order valence-electron chi connectivity index (χ1n) is 9.87. The Bertz CT molecular complexity index is 625. The maximum atomic E-state index is 12.3. The summed E-state index contributed by atoms with van der Waals surface area (Å²) in [6, 6.07) is 7.74. The van der Waals surface area contributed by atoms with Crippen LogP contribution in [0.2, 0.25) is 5.02 Å². The first-order valence-corrected chi connectivity index (χ1v) is 10.2. The van der Waals surface area contributed by atoms with Crippen molar-refractivity contribution in [1.29, 1.82) is 0 Å². The highest BCUT2D eigenvalue weighted by Gasteiger charge is 2.37. The van der Waals surface area contributed by atoms with Gasteiger partial charge in [0.15, 0.2) is 0 Å². The zero-order chi connectivity index (χ0) is 18.4. The Hall–Kier alpha value is -1.55. The van der Waals surface area contributed by atoms with Crippen LogP contribution in [0, 0.1) is 5.92 Å². The molecule has 0 bridgehead atoms. The van der Waals surface area contributed by atoms with E-state index in [4.69, 9.17) is 11.6 Å². The van der Waals surface area contributed by atoms with E-state index < -0.39 is 0 Å². The van der Waals surface area contributed by atoms with Crippen LogP contribution < -0.4 is 10.6 Å². The normalized spacial score (nSPS) is 23.7. The SMILES string of the molecule is O=C(CCC1(Cc2ccc(Cl)cc2)CCC(=O)N1)NCC1CCCCC1. The minimum atomic E-state index is -0.312. The first kappa shape index (κ1) is 19.2. The van der Waals surface area contributed by atoms with E-state index >= 15 is 0 Å². The molecule has 2 N–H and O–H groups in total. The van der Waals surface area contributed by atoms with Gasteiger partial charge in [-0.1, -0.05) is 43.0 Å². The molecule has 2 aliphatic rings. The highest BCUT2D eigenvalue weighted by Crippen LogP contribution is 2.30. The lowest BCUT2D eigenvalue weighted by Gasteiger charge is -2.29. The lowest BCUT2D eigenvalue weighted by atomic mass is 9.85. The summed E-state index contributed by atoms with van der Waals surface area (Å²) < 4.78 is 0. The third-order valence-corrected chi connectivity index (χ3v) is 6.09. The van der Waals surface area contributed by atoms with Crippen LogP contribution in [-0.2, 0) is 16.0 Å². The van der Waals surface area contributed by atoms with Crippen LogP contribution in [0.25, 0.3) is 0 Å². The van der Waals surface area contributed by atoms with E-state index in [0.717, 1.165) is 24.9 Å². The van der Waals surface area contributed by atoms with Crippen LogP contribution in [-0.4, -0.2) is 23.9 Å².